The lowest BCUT2D eigenvalue weighted by atomic mass is 10.00. The predicted octanol–water partition coefficient (Wildman–Crippen LogP) is 2.96. The summed E-state index contributed by atoms with van der Waals surface area (Å²) in [4.78, 5) is 12.1. The SMILES string of the molecule is CC(NC(=O)C1(O)CCCC1)c1ccc(F)cc1Cl. The average molecular weight is 286 g/mol. The molecule has 3 nitrogen and oxygen atoms in total. The Labute approximate surface area is 116 Å². The molecule has 1 amide bonds. The molecule has 2 rings (SSSR count). The third-order valence-corrected chi connectivity index (χ3v) is 3.96. The van der Waals surface area contributed by atoms with Gasteiger partial charge in [-0.3, -0.25) is 4.79 Å². The molecule has 19 heavy (non-hydrogen) atoms. The second-order valence-corrected chi connectivity index (χ2v) is 5.51. The second kappa shape index (κ2) is 5.47. The van der Waals surface area contributed by atoms with E-state index in [9.17, 15) is 14.3 Å². The summed E-state index contributed by atoms with van der Waals surface area (Å²) >= 11 is 5.95. The second-order valence-electron chi connectivity index (χ2n) is 5.10. The third kappa shape index (κ3) is 3.07. The lowest BCUT2D eigenvalue weighted by Gasteiger charge is -2.24. The van der Waals surface area contributed by atoms with Crippen LogP contribution in [0.25, 0.3) is 0 Å². The van der Waals surface area contributed by atoms with E-state index in [1.165, 1.54) is 12.1 Å². The molecule has 1 aromatic rings. The largest absolute Gasteiger partial charge is 0.380 e. The summed E-state index contributed by atoms with van der Waals surface area (Å²) in [6.07, 6.45) is 2.69. The fourth-order valence-electron chi connectivity index (χ4n) is 2.45. The summed E-state index contributed by atoms with van der Waals surface area (Å²) in [7, 11) is 0. The molecule has 1 saturated carbocycles. The molecule has 0 heterocycles. The van der Waals surface area contributed by atoms with Crippen molar-refractivity contribution in [3.63, 3.8) is 0 Å². The van der Waals surface area contributed by atoms with E-state index in [4.69, 9.17) is 11.6 Å². The zero-order valence-electron chi connectivity index (χ0n) is 10.7. The van der Waals surface area contributed by atoms with Crippen molar-refractivity contribution in [2.24, 2.45) is 0 Å². The maximum atomic E-state index is 13.0. The molecule has 2 N–H and O–H groups in total. The van der Waals surface area contributed by atoms with Crippen LogP contribution < -0.4 is 5.32 Å². The predicted molar refractivity (Wildman–Crippen MR) is 71.4 cm³/mol. The van der Waals surface area contributed by atoms with Crippen LogP contribution in [0.2, 0.25) is 5.02 Å². The minimum absolute atomic E-state index is 0.270. The minimum atomic E-state index is -1.26. The van der Waals surface area contributed by atoms with Crippen molar-refractivity contribution in [2.45, 2.75) is 44.2 Å². The summed E-state index contributed by atoms with van der Waals surface area (Å²) in [5.41, 5.74) is -0.626. The van der Waals surface area contributed by atoms with Crippen LogP contribution in [-0.2, 0) is 4.79 Å². The van der Waals surface area contributed by atoms with Gasteiger partial charge in [0.2, 0.25) is 0 Å². The van der Waals surface area contributed by atoms with Gasteiger partial charge in [0.15, 0.2) is 0 Å². The number of hydrogen-bond acceptors (Lipinski definition) is 2. The van der Waals surface area contributed by atoms with Crippen LogP contribution in [-0.4, -0.2) is 16.6 Å². The van der Waals surface area contributed by atoms with E-state index in [0.29, 0.717) is 18.4 Å². The lowest BCUT2D eigenvalue weighted by molar-refractivity contribution is -0.139. The highest BCUT2D eigenvalue weighted by atomic mass is 35.5. The molecule has 1 aliphatic rings. The van der Waals surface area contributed by atoms with E-state index in [1.54, 1.807) is 13.0 Å². The monoisotopic (exact) mass is 285 g/mol. The first-order chi connectivity index (χ1) is 8.92. The van der Waals surface area contributed by atoms with Crippen LogP contribution in [0.5, 0.6) is 0 Å². The number of aliphatic hydroxyl groups is 1. The Morgan fingerprint density at radius 3 is 2.68 bits per heavy atom. The van der Waals surface area contributed by atoms with Crippen LogP contribution in [0.1, 0.15) is 44.2 Å². The summed E-state index contributed by atoms with van der Waals surface area (Å²) in [5, 5.41) is 13.2. The first-order valence-electron chi connectivity index (χ1n) is 6.41. The van der Waals surface area contributed by atoms with Gasteiger partial charge in [0.1, 0.15) is 11.4 Å². The summed E-state index contributed by atoms with van der Waals surface area (Å²) in [5.74, 6) is -0.792. The molecule has 5 heteroatoms. The van der Waals surface area contributed by atoms with Crippen molar-refractivity contribution in [1.29, 1.82) is 0 Å². The molecule has 0 saturated heterocycles. The molecule has 0 aromatic heterocycles. The summed E-state index contributed by atoms with van der Waals surface area (Å²) in [6.45, 7) is 1.76. The molecule has 0 aliphatic heterocycles. The molecule has 0 spiro atoms. The van der Waals surface area contributed by atoms with Crippen molar-refractivity contribution in [3.05, 3.63) is 34.6 Å². The molecule has 0 bridgehead atoms. The Hall–Kier alpha value is -1.13. The van der Waals surface area contributed by atoms with Crippen molar-refractivity contribution < 1.29 is 14.3 Å². The van der Waals surface area contributed by atoms with E-state index in [2.05, 4.69) is 5.32 Å². The third-order valence-electron chi connectivity index (χ3n) is 3.63. The number of benzene rings is 1. The van der Waals surface area contributed by atoms with E-state index in [0.717, 1.165) is 12.8 Å². The molecule has 1 fully saturated rings. The number of carbonyl (C=O) groups excluding carboxylic acids is 1. The number of rotatable bonds is 3. The highest BCUT2D eigenvalue weighted by molar-refractivity contribution is 6.31. The van der Waals surface area contributed by atoms with Crippen LogP contribution in [0.4, 0.5) is 4.39 Å². The lowest BCUT2D eigenvalue weighted by Crippen LogP contribution is -2.45. The van der Waals surface area contributed by atoms with Gasteiger partial charge in [-0.2, -0.15) is 0 Å². The fraction of sp³-hybridized carbons (Fsp3) is 0.500. The molecule has 1 unspecified atom stereocenters. The molecular weight excluding hydrogens is 269 g/mol. The quantitative estimate of drug-likeness (QED) is 0.897. The molecule has 104 valence electrons. The van der Waals surface area contributed by atoms with E-state index < -0.39 is 11.4 Å². The summed E-state index contributed by atoms with van der Waals surface area (Å²) < 4.78 is 13.0. The zero-order chi connectivity index (χ0) is 14.0. The molecule has 0 radical (unpaired) electrons. The van der Waals surface area contributed by atoms with Gasteiger partial charge in [0.05, 0.1) is 6.04 Å². The first-order valence-corrected chi connectivity index (χ1v) is 6.78. The number of nitrogens with one attached hydrogen (secondary N) is 1. The Morgan fingerprint density at radius 2 is 2.11 bits per heavy atom. The average Bonchev–Trinajstić information content (AvgIpc) is 2.77. The number of carbonyl (C=O) groups is 1. The Morgan fingerprint density at radius 1 is 1.47 bits per heavy atom. The smallest absolute Gasteiger partial charge is 0.252 e. The topological polar surface area (TPSA) is 49.3 Å². The number of hydrogen-bond donors (Lipinski definition) is 2. The van der Waals surface area contributed by atoms with Crippen molar-refractivity contribution >= 4 is 17.5 Å². The van der Waals surface area contributed by atoms with Crippen molar-refractivity contribution in [2.75, 3.05) is 0 Å². The van der Waals surface area contributed by atoms with Gasteiger partial charge in [-0.05, 0) is 50.3 Å². The van der Waals surface area contributed by atoms with Gasteiger partial charge in [0, 0.05) is 5.02 Å². The first kappa shape index (κ1) is 14.3. The van der Waals surface area contributed by atoms with Gasteiger partial charge in [-0.15, -0.1) is 0 Å². The van der Waals surface area contributed by atoms with Gasteiger partial charge < -0.3 is 10.4 Å². The Balaban J connectivity index is 2.08. The van der Waals surface area contributed by atoms with Gasteiger partial charge in [0.25, 0.3) is 5.91 Å². The summed E-state index contributed by atoms with van der Waals surface area (Å²) in [6, 6.07) is 3.68. The molecule has 1 aliphatic carbocycles. The zero-order valence-corrected chi connectivity index (χ0v) is 11.5. The van der Waals surface area contributed by atoms with Gasteiger partial charge in [-0.1, -0.05) is 17.7 Å². The van der Waals surface area contributed by atoms with Gasteiger partial charge in [-0.25, -0.2) is 4.39 Å². The van der Waals surface area contributed by atoms with Crippen molar-refractivity contribution in [3.8, 4) is 0 Å². The number of halogens is 2. The van der Waals surface area contributed by atoms with E-state index >= 15 is 0 Å². The standard InChI is InChI=1S/C14H17ClFNO2/c1-9(11-5-4-10(16)8-12(11)15)17-13(18)14(19)6-2-3-7-14/h4-5,8-9,19H,2-3,6-7H2,1H3,(H,17,18). The van der Waals surface area contributed by atoms with Crippen LogP contribution in [0, 0.1) is 5.82 Å². The van der Waals surface area contributed by atoms with E-state index in [1.807, 2.05) is 0 Å². The molecule has 1 atom stereocenters. The van der Waals surface area contributed by atoms with Crippen molar-refractivity contribution in [1.82, 2.24) is 5.32 Å². The highest BCUT2D eigenvalue weighted by Crippen LogP contribution is 2.31. The maximum Gasteiger partial charge on any atom is 0.252 e. The van der Waals surface area contributed by atoms with Crippen LogP contribution in [0.3, 0.4) is 0 Å². The maximum absolute atomic E-state index is 13.0. The minimum Gasteiger partial charge on any atom is -0.380 e. The number of amides is 1. The highest BCUT2D eigenvalue weighted by Gasteiger charge is 2.39. The van der Waals surface area contributed by atoms with Crippen LogP contribution >= 0.6 is 11.6 Å². The molecular formula is C14H17ClFNO2. The van der Waals surface area contributed by atoms with E-state index in [-0.39, 0.29) is 17.0 Å². The Kier molecular flexibility index (Phi) is 4.11. The van der Waals surface area contributed by atoms with Crippen LogP contribution in [0.15, 0.2) is 18.2 Å². The Bertz CT molecular complexity index is 486. The normalized spacial score (nSPS) is 19.2. The molecule has 1 aromatic carbocycles. The van der Waals surface area contributed by atoms with Gasteiger partial charge >= 0.3 is 0 Å². The fourth-order valence-corrected chi connectivity index (χ4v) is 2.78.